The van der Waals surface area contributed by atoms with Crippen molar-refractivity contribution in [1.82, 2.24) is 24.8 Å². The Morgan fingerprint density at radius 1 is 1.17 bits per heavy atom. The van der Waals surface area contributed by atoms with E-state index in [0.717, 1.165) is 4.88 Å². The van der Waals surface area contributed by atoms with Crippen LogP contribution in [0.4, 0.5) is 11.1 Å². The van der Waals surface area contributed by atoms with Gasteiger partial charge in [0.2, 0.25) is 5.95 Å². The van der Waals surface area contributed by atoms with Crippen molar-refractivity contribution in [3.8, 4) is 22.5 Å². The molecule has 2 N–H and O–H groups in total. The summed E-state index contributed by atoms with van der Waals surface area (Å²) in [5.41, 5.74) is 6.33. The second-order valence-electron chi connectivity index (χ2n) is 6.73. The minimum Gasteiger partial charge on any atom is -0.424 e. The van der Waals surface area contributed by atoms with Crippen LogP contribution in [-0.4, -0.2) is 71.1 Å². The van der Waals surface area contributed by atoms with Crippen LogP contribution < -0.4 is 15.4 Å². The number of thiazole rings is 1. The molecule has 0 atom stereocenters. The molecule has 0 bridgehead atoms. The number of nitrogen functional groups attached to an aromatic ring is 1. The second-order valence-corrected chi connectivity index (χ2v) is 7.79. The summed E-state index contributed by atoms with van der Waals surface area (Å²) >= 11 is 1.29. The molecule has 1 amide bonds. The number of nitrogens with two attached hydrogens (primary N) is 1. The lowest BCUT2D eigenvalue weighted by molar-refractivity contribution is 0.0827. The summed E-state index contributed by atoms with van der Waals surface area (Å²) in [5.74, 6) is 1.38. The van der Waals surface area contributed by atoms with Crippen molar-refractivity contribution in [1.29, 1.82) is 0 Å². The molecular weight excluding hydrogens is 406 g/mol. The van der Waals surface area contributed by atoms with Gasteiger partial charge in [-0.3, -0.25) is 4.79 Å². The van der Waals surface area contributed by atoms with Gasteiger partial charge in [0.15, 0.2) is 11.0 Å². The molecule has 156 valence electrons. The summed E-state index contributed by atoms with van der Waals surface area (Å²) in [7, 11) is 3.41. The Labute approximate surface area is 177 Å². The van der Waals surface area contributed by atoms with E-state index in [1.54, 1.807) is 44.6 Å². The lowest BCUT2D eigenvalue weighted by Gasteiger charge is -2.26. The number of anilines is 2. The maximum atomic E-state index is 12.1. The molecule has 1 saturated heterocycles. The van der Waals surface area contributed by atoms with Crippen LogP contribution in [0, 0.1) is 0 Å². The molecule has 1 fully saturated rings. The zero-order valence-electron chi connectivity index (χ0n) is 16.6. The lowest BCUT2D eigenvalue weighted by atomic mass is 10.2. The highest BCUT2D eigenvalue weighted by Gasteiger charge is 2.19. The van der Waals surface area contributed by atoms with Crippen LogP contribution in [0.2, 0.25) is 0 Å². The molecule has 0 unspecified atom stereocenters. The zero-order chi connectivity index (χ0) is 21.1. The number of nitrogens with zero attached hydrogens (tertiary/aromatic N) is 6. The normalized spacial score (nSPS) is 13.9. The van der Waals surface area contributed by atoms with Gasteiger partial charge in [-0.2, -0.15) is 15.0 Å². The molecule has 4 rings (SSSR count). The van der Waals surface area contributed by atoms with E-state index in [1.807, 2.05) is 4.90 Å². The van der Waals surface area contributed by atoms with Gasteiger partial charge in [0.25, 0.3) is 5.91 Å². The van der Waals surface area contributed by atoms with Crippen molar-refractivity contribution in [3.63, 3.8) is 0 Å². The van der Waals surface area contributed by atoms with Crippen LogP contribution in [0.25, 0.3) is 10.7 Å². The number of hydrogen-bond acceptors (Lipinski definition) is 10. The average molecular weight is 427 g/mol. The molecule has 3 heterocycles. The van der Waals surface area contributed by atoms with Gasteiger partial charge in [-0.15, -0.1) is 0 Å². The molecule has 0 aliphatic carbocycles. The molecule has 0 saturated carbocycles. The van der Waals surface area contributed by atoms with Gasteiger partial charge in [0.1, 0.15) is 5.75 Å². The maximum Gasteiger partial charge on any atom is 0.327 e. The number of amides is 1. The van der Waals surface area contributed by atoms with Gasteiger partial charge in [-0.05, 0) is 24.3 Å². The van der Waals surface area contributed by atoms with Crippen LogP contribution in [0.15, 0.2) is 30.5 Å². The Balaban J connectivity index is 1.63. The molecule has 3 aromatic rings. The summed E-state index contributed by atoms with van der Waals surface area (Å²) < 4.78 is 11.3. The third kappa shape index (κ3) is 4.47. The first-order valence-electron chi connectivity index (χ1n) is 9.29. The summed E-state index contributed by atoms with van der Waals surface area (Å²) in [6.45, 7) is 2.56. The van der Waals surface area contributed by atoms with E-state index in [9.17, 15) is 4.79 Å². The molecule has 30 heavy (non-hydrogen) atoms. The molecule has 1 aromatic carbocycles. The minimum absolute atomic E-state index is 0.0821. The number of morpholine rings is 1. The van der Waals surface area contributed by atoms with E-state index < -0.39 is 0 Å². The third-order valence-electron chi connectivity index (χ3n) is 4.36. The predicted octanol–water partition coefficient (Wildman–Crippen LogP) is 1.91. The fourth-order valence-electron chi connectivity index (χ4n) is 2.83. The third-order valence-corrected chi connectivity index (χ3v) is 5.18. The molecule has 2 aromatic heterocycles. The van der Waals surface area contributed by atoms with Gasteiger partial charge in [0, 0.05) is 32.7 Å². The first-order valence-corrected chi connectivity index (χ1v) is 10.1. The molecular formula is C19H21N7O3S. The van der Waals surface area contributed by atoms with Gasteiger partial charge < -0.3 is 25.0 Å². The highest BCUT2D eigenvalue weighted by Crippen LogP contribution is 2.28. The van der Waals surface area contributed by atoms with Crippen molar-refractivity contribution in [3.05, 3.63) is 36.0 Å². The summed E-state index contributed by atoms with van der Waals surface area (Å²) in [5, 5.41) is 0.432. The van der Waals surface area contributed by atoms with E-state index in [2.05, 4.69) is 19.9 Å². The van der Waals surface area contributed by atoms with Crippen LogP contribution in [-0.2, 0) is 4.74 Å². The van der Waals surface area contributed by atoms with Crippen molar-refractivity contribution in [2.24, 2.45) is 0 Å². The van der Waals surface area contributed by atoms with Gasteiger partial charge in [0.05, 0.1) is 24.3 Å². The smallest absolute Gasteiger partial charge is 0.327 e. The number of hydrogen-bond donors (Lipinski definition) is 1. The molecule has 11 heteroatoms. The second kappa shape index (κ2) is 8.59. The summed E-state index contributed by atoms with van der Waals surface area (Å²) in [4.78, 5) is 33.9. The van der Waals surface area contributed by atoms with Crippen molar-refractivity contribution in [2.45, 2.75) is 0 Å². The lowest BCUT2D eigenvalue weighted by Crippen LogP contribution is -2.37. The highest BCUT2D eigenvalue weighted by molar-refractivity contribution is 7.18. The predicted molar refractivity (Wildman–Crippen MR) is 113 cm³/mol. The van der Waals surface area contributed by atoms with E-state index in [4.69, 9.17) is 15.2 Å². The van der Waals surface area contributed by atoms with Gasteiger partial charge in [-0.1, -0.05) is 11.3 Å². The monoisotopic (exact) mass is 427 g/mol. The van der Waals surface area contributed by atoms with E-state index >= 15 is 0 Å². The molecule has 1 aliphatic heterocycles. The number of carbonyl (C=O) groups excluding carboxylic acids is 1. The Morgan fingerprint density at radius 2 is 1.90 bits per heavy atom. The Morgan fingerprint density at radius 3 is 2.53 bits per heavy atom. The van der Waals surface area contributed by atoms with E-state index in [0.29, 0.717) is 54.5 Å². The van der Waals surface area contributed by atoms with Crippen LogP contribution in [0.3, 0.4) is 0 Å². The molecule has 1 aliphatic rings. The number of carbonyl (C=O) groups is 1. The van der Waals surface area contributed by atoms with Crippen molar-refractivity contribution >= 4 is 28.3 Å². The topological polar surface area (TPSA) is 120 Å². The van der Waals surface area contributed by atoms with Gasteiger partial charge in [-0.25, -0.2) is 4.98 Å². The Hall–Kier alpha value is -3.31. The fraction of sp³-hybridized carbons (Fsp3) is 0.316. The molecule has 0 spiro atoms. The highest BCUT2D eigenvalue weighted by atomic mass is 32.1. The Bertz CT molecular complexity index is 1030. The van der Waals surface area contributed by atoms with Crippen LogP contribution in [0.5, 0.6) is 11.8 Å². The van der Waals surface area contributed by atoms with Crippen molar-refractivity contribution < 1.29 is 14.3 Å². The number of ether oxygens (including phenoxy) is 2. The van der Waals surface area contributed by atoms with E-state index in [1.165, 1.54) is 16.2 Å². The number of benzene rings is 1. The molecule has 10 nitrogen and oxygen atoms in total. The number of aromatic nitrogens is 4. The molecule has 0 radical (unpaired) electrons. The largest absolute Gasteiger partial charge is 0.424 e. The van der Waals surface area contributed by atoms with Crippen LogP contribution >= 0.6 is 11.3 Å². The van der Waals surface area contributed by atoms with Gasteiger partial charge >= 0.3 is 6.01 Å². The SMILES string of the molecule is CN(C)C(=O)c1ccc(Oc2nc(-c3cnc(N)s3)nc(N3CCOCC3)n2)cc1. The summed E-state index contributed by atoms with van der Waals surface area (Å²) in [6.07, 6.45) is 1.63. The zero-order valence-corrected chi connectivity index (χ0v) is 17.4. The van der Waals surface area contributed by atoms with Crippen molar-refractivity contribution in [2.75, 3.05) is 51.0 Å². The standard InChI is InChI=1S/C19H21N7O3S/c1-25(2)16(27)12-3-5-13(6-4-12)29-19-23-15(14-11-21-17(20)30-14)22-18(24-19)26-7-9-28-10-8-26/h3-6,11H,7-10H2,1-2H3,(H2,20,21). The first kappa shape index (κ1) is 20.0. The quantitative estimate of drug-likeness (QED) is 0.651. The van der Waals surface area contributed by atoms with Crippen LogP contribution in [0.1, 0.15) is 10.4 Å². The Kier molecular flexibility index (Phi) is 5.72. The van der Waals surface area contributed by atoms with E-state index in [-0.39, 0.29) is 11.9 Å². The first-order chi connectivity index (χ1) is 14.5. The maximum absolute atomic E-state index is 12.1. The average Bonchev–Trinajstić information content (AvgIpc) is 3.20. The summed E-state index contributed by atoms with van der Waals surface area (Å²) in [6, 6.07) is 6.97. The fourth-order valence-corrected chi connectivity index (χ4v) is 3.45. The minimum atomic E-state index is -0.0821. The number of rotatable bonds is 5.